The van der Waals surface area contributed by atoms with E-state index in [4.69, 9.17) is 10.5 Å². The number of piperidine rings is 1. The fourth-order valence-electron chi connectivity index (χ4n) is 2.63. The van der Waals surface area contributed by atoms with Crippen molar-refractivity contribution in [3.05, 3.63) is 12.4 Å². The number of nitrogens with two attached hydrogens (primary N) is 1. The first-order valence-electron chi connectivity index (χ1n) is 7.72. The summed E-state index contributed by atoms with van der Waals surface area (Å²) in [6, 6.07) is 1.83. The summed E-state index contributed by atoms with van der Waals surface area (Å²) in [7, 11) is 2.16. The molecule has 120 valence electrons. The molecule has 0 radical (unpaired) electrons. The van der Waals surface area contributed by atoms with Crippen molar-refractivity contribution in [1.29, 1.82) is 0 Å². The lowest BCUT2D eigenvalue weighted by atomic mass is 10.1. The third-order valence-corrected chi connectivity index (χ3v) is 3.97. The maximum Gasteiger partial charge on any atom is 0.209 e. The van der Waals surface area contributed by atoms with Crippen molar-refractivity contribution in [2.75, 3.05) is 44.3 Å². The van der Waals surface area contributed by atoms with Gasteiger partial charge in [-0.2, -0.15) is 4.98 Å². The van der Waals surface area contributed by atoms with E-state index in [1.807, 2.05) is 6.07 Å². The molecule has 3 N–H and O–H groups in total. The smallest absolute Gasteiger partial charge is 0.209 e. The summed E-state index contributed by atoms with van der Waals surface area (Å²) in [5, 5.41) is 11.0. The molecular weight excluding hydrogens is 282 g/mol. The summed E-state index contributed by atoms with van der Waals surface area (Å²) >= 11 is 0. The summed E-state index contributed by atoms with van der Waals surface area (Å²) in [6.07, 6.45) is 5.16. The second-order valence-corrected chi connectivity index (χ2v) is 5.71. The molecule has 0 bridgehead atoms. The molecule has 2 aromatic rings. The summed E-state index contributed by atoms with van der Waals surface area (Å²) in [5.74, 6) is 1.10. The number of hydrogen-bond acceptors (Lipinski definition) is 7. The Balaban J connectivity index is 1.39. The standard InChI is InChI=1S/C14H23N7O/c1-20-6-3-11(4-7-20)22-8-2-5-16-12-9-13-19-17-10-21(13)14(15)18-12/h9-11,16H,2-8H2,1H3,(H2,15,18). The third-order valence-electron chi connectivity index (χ3n) is 3.97. The largest absolute Gasteiger partial charge is 0.378 e. The van der Waals surface area contributed by atoms with Gasteiger partial charge in [-0.25, -0.2) is 0 Å². The van der Waals surface area contributed by atoms with Crippen LogP contribution in [0, 0.1) is 0 Å². The number of fused-ring (bicyclic) bond motifs is 1. The van der Waals surface area contributed by atoms with E-state index in [1.165, 1.54) is 0 Å². The molecule has 0 aromatic carbocycles. The van der Waals surface area contributed by atoms with Crippen molar-refractivity contribution in [2.24, 2.45) is 0 Å². The fourth-order valence-corrected chi connectivity index (χ4v) is 2.63. The zero-order valence-electron chi connectivity index (χ0n) is 12.9. The summed E-state index contributed by atoms with van der Waals surface area (Å²) in [4.78, 5) is 6.62. The molecule has 3 heterocycles. The van der Waals surface area contributed by atoms with Gasteiger partial charge in [-0.05, 0) is 26.3 Å². The third kappa shape index (κ3) is 3.63. The van der Waals surface area contributed by atoms with Gasteiger partial charge < -0.3 is 20.7 Å². The number of nitrogen functional groups attached to an aromatic ring is 1. The van der Waals surface area contributed by atoms with Crippen molar-refractivity contribution in [1.82, 2.24) is 24.5 Å². The Morgan fingerprint density at radius 3 is 3.05 bits per heavy atom. The minimum Gasteiger partial charge on any atom is -0.378 e. The summed E-state index contributed by atoms with van der Waals surface area (Å²) < 4.78 is 7.56. The average Bonchev–Trinajstić information content (AvgIpc) is 2.98. The van der Waals surface area contributed by atoms with Crippen LogP contribution < -0.4 is 11.1 Å². The van der Waals surface area contributed by atoms with Crippen molar-refractivity contribution in [3.63, 3.8) is 0 Å². The van der Waals surface area contributed by atoms with Crippen molar-refractivity contribution >= 4 is 17.4 Å². The van der Waals surface area contributed by atoms with Gasteiger partial charge >= 0.3 is 0 Å². The van der Waals surface area contributed by atoms with Crippen LogP contribution >= 0.6 is 0 Å². The zero-order valence-corrected chi connectivity index (χ0v) is 12.9. The number of nitrogens with zero attached hydrogens (tertiary/aromatic N) is 5. The molecule has 0 amide bonds. The van der Waals surface area contributed by atoms with E-state index in [0.717, 1.165) is 51.3 Å². The quantitative estimate of drug-likeness (QED) is 0.756. The molecule has 0 atom stereocenters. The molecule has 8 heteroatoms. The Bertz CT molecular complexity index is 606. The SMILES string of the molecule is CN1CCC(OCCCNc2cc3nncn3c(N)n2)CC1. The molecule has 8 nitrogen and oxygen atoms in total. The number of likely N-dealkylation sites (tertiary alicyclic amines) is 1. The van der Waals surface area contributed by atoms with Crippen LogP contribution in [0.5, 0.6) is 0 Å². The number of ether oxygens (including phenoxy) is 1. The summed E-state index contributed by atoms with van der Waals surface area (Å²) in [5.41, 5.74) is 6.54. The van der Waals surface area contributed by atoms with Crippen LogP contribution in [0.4, 0.5) is 11.8 Å². The lowest BCUT2D eigenvalue weighted by molar-refractivity contribution is 0.0125. The van der Waals surface area contributed by atoms with E-state index in [2.05, 4.69) is 32.4 Å². The van der Waals surface area contributed by atoms with Gasteiger partial charge in [0.25, 0.3) is 0 Å². The molecule has 0 unspecified atom stereocenters. The predicted molar refractivity (Wildman–Crippen MR) is 84.8 cm³/mol. The van der Waals surface area contributed by atoms with Crippen LogP contribution in [0.1, 0.15) is 19.3 Å². The highest BCUT2D eigenvalue weighted by atomic mass is 16.5. The van der Waals surface area contributed by atoms with E-state index < -0.39 is 0 Å². The normalized spacial score (nSPS) is 17.1. The Labute approximate surface area is 129 Å². The molecule has 22 heavy (non-hydrogen) atoms. The molecule has 2 aromatic heterocycles. The first kappa shape index (κ1) is 15.0. The Morgan fingerprint density at radius 1 is 1.41 bits per heavy atom. The molecule has 1 fully saturated rings. The lowest BCUT2D eigenvalue weighted by Crippen LogP contribution is -2.34. The second-order valence-electron chi connectivity index (χ2n) is 5.71. The molecule has 1 aliphatic rings. The van der Waals surface area contributed by atoms with E-state index in [-0.39, 0.29) is 0 Å². The minimum atomic E-state index is 0.382. The van der Waals surface area contributed by atoms with Crippen molar-refractivity contribution < 1.29 is 4.74 Å². The van der Waals surface area contributed by atoms with Gasteiger partial charge in [-0.3, -0.25) is 4.40 Å². The van der Waals surface area contributed by atoms with Crippen LogP contribution in [0.2, 0.25) is 0 Å². The molecule has 3 rings (SSSR count). The van der Waals surface area contributed by atoms with Crippen molar-refractivity contribution in [3.8, 4) is 0 Å². The Kier molecular flexibility index (Phi) is 4.69. The summed E-state index contributed by atoms with van der Waals surface area (Å²) in [6.45, 7) is 3.82. The number of anilines is 2. The van der Waals surface area contributed by atoms with Crippen LogP contribution in [0.15, 0.2) is 12.4 Å². The van der Waals surface area contributed by atoms with Gasteiger partial charge in [0.2, 0.25) is 5.95 Å². The van der Waals surface area contributed by atoms with Gasteiger partial charge in [0.15, 0.2) is 5.65 Å². The van der Waals surface area contributed by atoms with Gasteiger partial charge in [0.05, 0.1) is 6.10 Å². The van der Waals surface area contributed by atoms with Gasteiger partial charge in [0.1, 0.15) is 12.1 Å². The zero-order chi connectivity index (χ0) is 15.4. The molecular formula is C14H23N7O. The number of aromatic nitrogens is 4. The Morgan fingerprint density at radius 2 is 2.23 bits per heavy atom. The van der Waals surface area contributed by atoms with Gasteiger partial charge in [-0.15, -0.1) is 10.2 Å². The van der Waals surface area contributed by atoms with Gasteiger partial charge in [0, 0.05) is 32.3 Å². The van der Waals surface area contributed by atoms with Crippen LogP contribution in [0.25, 0.3) is 5.65 Å². The van der Waals surface area contributed by atoms with Crippen LogP contribution in [0.3, 0.4) is 0 Å². The molecule has 0 spiro atoms. The highest BCUT2D eigenvalue weighted by molar-refractivity contribution is 5.53. The van der Waals surface area contributed by atoms with E-state index in [0.29, 0.717) is 17.7 Å². The Hall–Kier alpha value is -1.93. The predicted octanol–water partition coefficient (Wildman–Crippen LogP) is 0.619. The van der Waals surface area contributed by atoms with Crippen molar-refractivity contribution in [2.45, 2.75) is 25.4 Å². The maximum atomic E-state index is 5.91. The van der Waals surface area contributed by atoms with Crippen LogP contribution in [-0.2, 0) is 4.74 Å². The van der Waals surface area contributed by atoms with Gasteiger partial charge in [-0.1, -0.05) is 0 Å². The molecule has 0 aliphatic carbocycles. The minimum absolute atomic E-state index is 0.382. The maximum absolute atomic E-state index is 5.91. The second kappa shape index (κ2) is 6.89. The van der Waals surface area contributed by atoms with E-state index in [1.54, 1.807) is 10.7 Å². The first-order valence-corrected chi connectivity index (χ1v) is 7.72. The molecule has 1 saturated heterocycles. The topological polar surface area (TPSA) is 93.6 Å². The van der Waals surface area contributed by atoms with E-state index in [9.17, 15) is 0 Å². The fraction of sp³-hybridized carbons (Fsp3) is 0.643. The monoisotopic (exact) mass is 305 g/mol. The number of nitrogens with one attached hydrogen (secondary N) is 1. The van der Waals surface area contributed by atoms with E-state index >= 15 is 0 Å². The number of hydrogen-bond donors (Lipinski definition) is 2. The molecule has 1 aliphatic heterocycles. The molecule has 0 saturated carbocycles. The van der Waals surface area contributed by atoms with Crippen LogP contribution in [-0.4, -0.2) is 63.9 Å². The number of rotatable bonds is 6. The average molecular weight is 305 g/mol. The lowest BCUT2D eigenvalue weighted by Gasteiger charge is -2.28. The highest BCUT2D eigenvalue weighted by Gasteiger charge is 2.16. The highest BCUT2D eigenvalue weighted by Crippen LogP contribution is 2.13. The first-order chi connectivity index (χ1) is 10.7.